The number of phenolic OH excluding ortho intramolecular Hbond substituents is 2. The third-order valence-corrected chi connectivity index (χ3v) is 9.91. The van der Waals surface area contributed by atoms with Crippen molar-refractivity contribution in [3.8, 4) is 17.2 Å². The largest absolute Gasteiger partial charge is 0.507 e. The maximum atomic E-state index is 14.7. The predicted molar refractivity (Wildman–Crippen MR) is 174 cm³/mol. The van der Waals surface area contributed by atoms with Crippen molar-refractivity contribution in [2.24, 2.45) is 17.8 Å². The van der Waals surface area contributed by atoms with E-state index in [1.165, 1.54) is 5.57 Å². The summed E-state index contributed by atoms with van der Waals surface area (Å²) in [4.78, 5) is 40.4. The van der Waals surface area contributed by atoms with Crippen molar-refractivity contribution in [3.05, 3.63) is 75.4 Å². The molecular weight excluding hydrogens is 568 g/mol. The van der Waals surface area contributed by atoms with E-state index in [2.05, 4.69) is 19.9 Å². The first kappa shape index (κ1) is 32.7. The van der Waals surface area contributed by atoms with E-state index in [-0.39, 0.29) is 52.9 Å². The van der Waals surface area contributed by atoms with Crippen molar-refractivity contribution in [2.75, 3.05) is 0 Å². The first-order chi connectivity index (χ1) is 21.1. The Balaban J connectivity index is 1.72. The third-order valence-electron chi connectivity index (χ3n) is 9.91. The number of Topliss-reactive ketones (excluding diaryl/α,β-unsaturated/α-hetero) is 2. The van der Waals surface area contributed by atoms with Gasteiger partial charge in [0.2, 0.25) is 0 Å². The zero-order chi connectivity index (χ0) is 33.1. The second-order valence-electron chi connectivity index (χ2n) is 14.2. The van der Waals surface area contributed by atoms with Gasteiger partial charge in [0.25, 0.3) is 0 Å². The summed E-state index contributed by atoms with van der Waals surface area (Å²) in [5.74, 6) is -2.45. The maximum absolute atomic E-state index is 14.7. The van der Waals surface area contributed by atoms with Gasteiger partial charge in [-0.1, -0.05) is 54.0 Å². The fourth-order valence-electron chi connectivity index (χ4n) is 7.59. The quantitative estimate of drug-likeness (QED) is 0.211. The Morgan fingerprint density at radius 3 is 2.31 bits per heavy atom. The summed E-state index contributed by atoms with van der Waals surface area (Å²) in [6.45, 7) is 15.5. The van der Waals surface area contributed by atoms with E-state index < -0.39 is 34.4 Å². The number of hydrogen-bond donors (Lipinski definition) is 2. The van der Waals surface area contributed by atoms with Crippen LogP contribution in [0.15, 0.2) is 58.7 Å². The van der Waals surface area contributed by atoms with E-state index in [1.54, 1.807) is 25.2 Å². The number of rotatable bonds is 10. The van der Waals surface area contributed by atoms with Gasteiger partial charge in [0.15, 0.2) is 22.8 Å². The lowest BCUT2D eigenvalue weighted by atomic mass is 9.51. The molecule has 1 spiro atoms. The summed E-state index contributed by atoms with van der Waals surface area (Å²) in [7, 11) is 0. The van der Waals surface area contributed by atoms with Gasteiger partial charge in [-0.3, -0.25) is 9.59 Å². The van der Waals surface area contributed by atoms with Crippen LogP contribution >= 0.6 is 0 Å². The predicted octanol–water partition coefficient (Wildman–Crippen LogP) is 7.24. The Kier molecular flexibility index (Phi) is 8.41. The summed E-state index contributed by atoms with van der Waals surface area (Å²) in [6, 6.07) is 0. The second-order valence-corrected chi connectivity index (χ2v) is 14.2. The highest BCUT2D eigenvalue weighted by Gasteiger charge is 2.81. The lowest BCUT2D eigenvalue weighted by Gasteiger charge is -2.55. The fourth-order valence-corrected chi connectivity index (χ4v) is 7.59. The van der Waals surface area contributed by atoms with E-state index in [0.717, 1.165) is 30.3 Å². The van der Waals surface area contributed by atoms with Crippen molar-refractivity contribution < 1.29 is 34.1 Å². The van der Waals surface area contributed by atoms with Gasteiger partial charge in [-0.05, 0) is 86.6 Å². The van der Waals surface area contributed by atoms with Gasteiger partial charge in [0.05, 0.1) is 5.60 Å². The minimum absolute atomic E-state index is 0.00465. The van der Waals surface area contributed by atoms with E-state index in [0.29, 0.717) is 17.6 Å². The van der Waals surface area contributed by atoms with Crippen LogP contribution in [0.5, 0.6) is 17.2 Å². The van der Waals surface area contributed by atoms with Crippen LogP contribution in [0.1, 0.15) is 96.1 Å². The van der Waals surface area contributed by atoms with Gasteiger partial charge in [0.1, 0.15) is 29.1 Å². The molecule has 45 heavy (non-hydrogen) atoms. The molecule has 1 saturated carbocycles. The number of fused-ring (bicyclic) bond motifs is 1. The SMILES string of the molecule is CC(C)=CCCC(C)=CCc1c(O)c(CC=C(C)C)c2c(c1O)C(=O)C1=CC3CC4C(C)(C)OC(C=CC(C)C=O)(C3=O)C14O2. The van der Waals surface area contributed by atoms with Crippen LogP contribution in [-0.2, 0) is 27.2 Å². The van der Waals surface area contributed by atoms with Gasteiger partial charge in [0, 0.05) is 34.5 Å². The second kappa shape index (κ2) is 11.6. The van der Waals surface area contributed by atoms with Crippen molar-refractivity contribution in [1.82, 2.24) is 0 Å². The zero-order valence-electron chi connectivity index (χ0n) is 27.7. The number of benzene rings is 1. The summed E-state index contributed by atoms with van der Waals surface area (Å²) < 4.78 is 13.6. The molecule has 5 unspecified atom stereocenters. The number of ketones is 2. The average Bonchev–Trinajstić information content (AvgIpc) is 3.12. The monoisotopic (exact) mass is 614 g/mol. The molecule has 1 aromatic rings. The van der Waals surface area contributed by atoms with Crippen molar-refractivity contribution in [1.29, 1.82) is 0 Å². The van der Waals surface area contributed by atoms with Gasteiger partial charge in [-0.25, -0.2) is 0 Å². The van der Waals surface area contributed by atoms with Crippen LogP contribution in [0.4, 0.5) is 0 Å². The third kappa shape index (κ3) is 5.04. The number of carbonyl (C=O) groups excluding carboxylic acids is 3. The Morgan fingerprint density at radius 1 is 1.00 bits per heavy atom. The molecule has 1 aromatic carbocycles. The summed E-state index contributed by atoms with van der Waals surface area (Å²) in [6.07, 6.45) is 14.5. The van der Waals surface area contributed by atoms with Crippen molar-refractivity contribution >= 4 is 17.9 Å². The highest BCUT2D eigenvalue weighted by molar-refractivity contribution is 6.19. The summed E-state index contributed by atoms with van der Waals surface area (Å²) >= 11 is 0. The topological polar surface area (TPSA) is 110 Å². The number of ether oxygens (including phenoxy) is 2. The molecule has 4 bridgehead atoms. The Hall–Kier alpha value is -3.71. The van der Waals surface area contributed by atoms with E-state index in [1.807, 2.05) is 46.8 Å². The van der Waals surface area contributed by atoms with E-state index in [9.17, 15) is 24.6 Å². The molecule has 6 rings (SSSR count). The Labute approximate surface area is 266 Å². The van der Waals surface area contributed by atoms with Crippen molar-refractivity contribution in [2.45, 2.75) is 104 Å². The molecule has 2 N–H and O–H groups in total. The molecular formula is C38H46O7. The Bertz CT molecular complexity index is 1610. The molecule has 3 aliphatic carbocycles. The summed E-state index contributed by atoms with van der Waals surface area (Å²) in [5.41, 5.74) is 0.288. The highest BCUT2D eigenvalue weighted by atomic mass is 16.6. The molecule has 2 fully saturated rings. The van der Waals surface area contributed by atoms with Gasteiger partial charge < -0.3 is 24.5 Å². The molecule has 5 atom stereocenters. The standard InChI is InChI=1S/C38H46O7/c1-21(2)10-9-11-23(5)13-15-26-31(40)27(14-12-22(3)4)34-30(32(26)41)33(42)28-18-25-19-29-36(7,8)45-37(35(25)43,38(28,29)44-34)17-16-24(6)20-39/h10,12-13,16-18,20,24-25,29,40-41H,9,11,14-15,19H2,1-8H3. The highest BCUT2D eigenvalue weighted by Crippen LogP contribution is 2.68. The van der Waals surface area contributed by atoms with Crippen LogP contribution < -0.4 is 4.74 Å². The lowest BCUT2D eigenvalue weighted by molar-refractivity contribution is -0.160. The van der Waals surface area contributed by atoms with E-state index >= 15 is 0 Å². The normalized spacial score (nSPS) is 28.3. The molecule has 0 radical (unpaired) electrons. The molecule has 240 valence electrons. The van der Waals surface area contributed by atoms with Gasteiger partial charge in [-0.2, -0.15) is 0 Å². The van der Waals surface area contributed by atoms with Crippen LogP contribution in [0.2, 0.25) is 0 Å². The number of allylic oxidation sites excluding steroid dienone is 8. The smallest absolute Gasteiger partial charge is 0.200 e. The molecule has 2 heterocycles. The molecule has 7 heteroatoms. The fraction of sp³-hybridized carbons (Fsp3) is 0.500. The number of phenols is 2. The molecule has 0 aromatic heterocycles. The number of aromatic hydroxyl groups is 2. The maximum Gasteiger partial charge on any atom is 0.200 e. The first-order valence-corrected chi connectivity index (χ1v) is 16.0. The van der Waals surface area contributed by atoms with Crippen LogP contribution in [-0.4, -0.2) is 44.9 Å². The van der Waals surface area contributed by atoms with Gasteiger partial charge >= 0.3 is 0 Å². The van der Waals surface area contributed by atoms with Crippen LogP contribution in [0.25, 0.3) is 0 Å². The average molecular weight is 615 g/mol. The molecule has 1 saturated heterocycles. The van der Waals surface area contributed by atoms with Gasteiger partial charge in [-0.15, -0.1) is 0 Å². The first-order valence-electron chi connectivity index (χ1n) is 16.0. The van der Waals surface area contributed by atoms with Crippen LogP contribution in [0.3, 0.4) is 0 Å². The summed E-state index contributed by atoms with van der Waals surface area (Å²) in [5, 5.41) is 23.4. The Morgan fingerprint density at radius 2 is 1.67 bits per heavy atom. The molecule has 2 aliphatic heterocycles. The van der Waals surface area contributed by atoms with E-state index in [4.69, 9.17) is 9.47 Å². The number of aldehydes is 1. The lowest BCUT2D eigenvalue weighted by Crippen LogP contribution is -2.71. The minimum atomic E-state index is -1.65. The molecule has 7 nitrogen and oxygen atoms in total. The zero-order valence-corrected chi connectivity index (χ0v) is 27.7. The molecule has 0 amide bonds. The number of carbonyl (C=O) groups is 3. The number of hydrogen-bond acceptors (Lipinski definition) is 7. The minimum Gasteiger partial charge on any atom is -0.507 e. The van der Waals surface area contributed by atoms with Crippen molar-refractivity contribution in [3.63, 3.8) is 0 Å². The van der Waals surface area contributed by atoms with Crippen LogP contribution in [0, 0.1) is 17.8 Å². The molecule has 5 aliphatic rings.